The zero-order chi connectivity index (χ0) is 31.3. The van der Waals surface area contributed by atoms with Crippen molar-refractivity contribution in [2.24, 2.45) is 0 Å². The lowest BCUT2D eigenvalue weighted by molar-refractivity contribution is -0.137. The van der Waals surface area contributed by atoms with Crippen LogP contribution in [0.2, 0.25) is 0 Å². The van der Waals surface area contributed by atoms with E-state index >= 15 is 0 Å². The minimum Gasteiger partial charge on any atom is -0.497 e. The van der Waals surface area contributed by atoms with Gasteiger partial charge in [-0.3, -0.25) is 14.8 Å². The summed E-state index contributed by atoms with van der Waals surface area (Å²) in [6.07, 6.45) is -0.0899. The van der Waals surface area contributed by atoms with E-state index in [1.54, 1.807) is 6.07 Å². The van der Waals surface area contributed by atoms with Crippen LogP contribution in [0.25, 0.3) is 0 Å². The summed E-state index contributed by atoms with van der Waals surface area (Å²) in [5.74, 6) is -0.836. The molecule has 2 unspecified atom stereocenters. The summed E-state index contributed by atoms with van der Waals surface area (Å²) in [4.78, 5) is 26.2. The molecule has 12 heteroatoms. The Bertz CT molecular complexity index is 1660. The third-order valence-electron chi connectivity index (χ3n) is 7.67. The predicted octanol–water partition coefficient (Wildman–Crippen LogP) is 4.21. The Morgan fingerprint density at radius 3 is 2.18 bits per heavy atom. The molecule has 0 fully saturated rings. The quantitative estimate of drug-likeness (QED) is 0.110. The number of carbonyl (C=O) groups excluding carboxylic acids is 2. The Labute approximate surface area is 259 Å². The van der Waals surface area contributed by atoms with Gasteiger partial charge in [0.2, 0.25) is 10.0 Å². The molecule has 0 radical (unpaired) electrons. The van der Waals surface area contributed by atoms with Crippen molar-refractivity contribution in [1.82, 2.24) is 15.1 Å². The molecule has 2 heterocycles. The lowest BCUT2D eigenvalue weighted by Gasteiger charge is -2.36. The lowest BCUT2D eigenvalue weighted by atomic mass is 9.87. The Morgan fingerprint density at radius 1 is 1.00 bits per heavy atom. The highest BCUT2D eigenvalue weighted by atomic mass is 32.2. The SMILES string of the molecule is COc1ccc(S(=O)(=O)N2Cc3cc(C(=O)NCCCC(c4ccccc4)c4ccccc4)sc3C(O)C2C(=O)NO)cc1. The number of aliphatic hydroxyl groups excluding tert-OH is 1. The first-order chi connectivity index (χ1) is 21.2. The van der Waals surface area contributed by atoms with Crippen LogP contribution in [0.3, 0.4) is 0 Å². The normalized spacial score (nSPS) is 16.7. The van der Waals surface area contributed by atoms with Crippen molar-refractivity contribution in [2.75, 3.05) is 13.7 Å². The molecule has 0 saturated heterocycles. The molecule has 44 heavy (non-hydrogen) atoms. The number of benzene rings is 3. The largest absolute Gasteiger partial charge is 0.497 e. The number of nitrogens with zero attached hydrogens (tertiary/aromatic N) is 1. The molecule has 2 amide bonds. The van der Waals surface area contributed by atoms with E-state index < -0.39 is 28.1 Å². The van der Waals surface area contributed by atoms with Crippen LogP contribution in [0.4, 0.5) is 0 Å². The Kier molecular flexibility index (Phi) is 9.77. The molecule has 0 spiro atoms. The van der Waals surface area contributed by atoms with Gasteiger partial charge in [0.25, 0.3) is 11.8 Å². The molecule has 0 saturated carbocycles. The van der Waals surface area contributed by atoms with Crippen molar-refractivity contribution in [1.29, 1.82) is 0 Å². The molecule has 0 aliphatic carbocycles. The fourth-order valence-electron chi connectivity index (χ4n) is 5.45. The van der Waals surface area contributed by atoms with E-state index in [1.807, 2.05) is 36.4 Å². The molecule has 230 valence electrons. The Balaban J connectivity index is 1.30. The molecule has 4 N–H and O–H groups in total. The van der Waals surface area contributed by atoms with E-state index in [-0.39, 0.29) is 33.0 Å². The summed E-state index contributed by atoms with van der Waals surface area (Å²) < 4.78 is 33.1. The van der Waals surface area contributed by atoms with Crippen LogP contribution in [0.15, 0.2) is 95.9 Å². The van der Waals surface area contributed by atoms with Crippen molar-refractivity contribution in [2.45, 2.75) is 42.3 Å². The number of fused-ring (bicyclic) bond motifs is 1. The first-order valence-electron chi connectivity index (χ1n) is 14.0. The van der Waals surface area contributed by atoms with Crippen LogP contribution < -0.4 is 15.5 Å². The molecule has 1 aliphatic heterocycles. The number of hydrogen-bond donors (Lipinski definition) is 4. The average molecular weight is 636 g/mol. The van der Waals surface area contributed by atoms with Gasteiger partial charge in [-0.2, -0.15) is 4.31 Å². The standard InChI is InChI=1S/C32H33N3O7S2/c1-42-24-14-16-25(17-15-24)44(40,41)35-20-23-19-27(43-30(23)29(36)28(35)32(38)34-39)31(37)33-18-8-13-26(21-9-4-2-5-10-21)22-11-6-3-7-12-22/h2-7,9-12,14-17,19,26,28-29,36,39H,8,13,18,20H2,1H3,(H,33,37)(H,34,38). The number of ether oxygens (including phenoxy) is 1. The van der Waals surface area contributed by atoms with E-state index in [0.717, 1.165) is 22.1 Å². The van der Waals surface area contributed by atoms with Gasteiger partial charge in [-0.05, 0) is 59.9 Å². The monoisotopic (exact) mass is 635 g/mol. The van der Waals surface area contributed by atoms with Gasteiger partial charge in [0.1, 0.15) is 17.9 Å². The van der Waals surface area contributed by atoms with Crippen LogP contribution in [0.1, 0.15) is 56.1 Å². The molecule has 10 nitrogen and oxygen atoms in total. The van der Waals surface area contributed by atoms with Crippen molar-refractivity contribution < 1.29 is 33.1 Å². The van der Waals surface area contributed by atoms with Gasteiger partial charge in [-0.15, -0.1) is 11.3 Å². The third kappa shape index (κ3) is 6.54. The van der Waals surface area contributed by atoms with Crippen molar-refractivity contribution >= 4 is 33.2 Å². The van der Waals surface area contributed by atoms with E-state index in [0.29, 0.717) is 24.3 Å². The van der Waals surface area contributed by atoms with Crippen LogP contribution in [-0.4, -0.2) is 54.5 Å². The van der Waals surface area contributed by atoms with Crippen LogP contribution in [0.5, 0.6) is 5.75 Å². The first kappa shape index (κ1) is 31.4. The zero-order valence-corrected chi connectivity index (χ0v) is 25.6. The van der Waals surface area contributed by atoms with Crippen LogP contribution in [-0.2, 0) is 21.4 Å². The molecule has 2 atom stereocenters. The number of sulfonamides is 1. The number of hydrogen-bond acceptors (Lipinski definition) is 8. The van der Waals surface area contributed by atoms with Gasteiger partial charge in [0.15, 0.2) is 0 Å². The smallest absolute Gasteiger partial charge is 0.264 e. The number of thiophene rings is 1. The van der Waals surface area contributed by atoms with E-state index in [4.69, 9.17) is 4.74 Å². The van der Waals surface area contributed by atoms with Crippen molar-refractivity contribution in [3.05, 3.63) is 117 Å². The van der Waals surface area contributed by atoms with Gasteiger partial charge in [0.05, 0.1) is 16.9 Å². The number of methoxy groups -OCH3 is 1. The van der Waals surface area contributed by atoms with E-state index in [2.05, 4.69) is 29.6 Å². The second-order valence-corrected chi connectivity index (χ2v) is 13.3. The number of carbonyl (C=O) groups is 2. The number of rotatable bonds is 11. The van der Waals surface area contributed by atoms with E-state index in [9.17, 15) is 28.3 Å². The topological polar surface area (TPSA) is 145 Å². The second kappa shape index (κ2) is 13.7. The summed E-state index contributed by atoms with van der Waals surface area (Å²) in [5, 5.41) is 23.4. The molecular weight excluding hydrogens is 603 g/mol. The lowest BCUT2D eigenvalue weighted by Crippen LogP contribution is -2.53. The first-order valence-corrected chi connectivity index (χ1v) is 16.3. The molecule has 1 aromatic heterocycles. The summed E-state index contributed by atoms with van der Waals surface area (Å²) in [6.45, 7) is 0.131. The molecule has 4 aromatic rings. The highest BCUT2D eigenvalue weighted by Crippen LogP contribution is 2.40. The van der Waals surface area contributed by atoms with Crippen molar-refractivity contribution in [3.8, 4) is 5.75 Å². The number of aliphatic hydroxyl groups is 1. The molecule has 5 rings (SSSR count). The molecular formula is C32H33N3O7S2. The van der Waals surface area contributed by atoms with E-state index in [1.165, 1.54) is 48.0 Å². The Hall–Kier alpha value is -4.07. The highest BCUT2D eigenvalue weighted by molar-refractivity contribution is 7.89. The molecule has 1 aliphatic rings. The highest BCUT2D eigenvalue weighted by Gasteiger charge is 2.46. The van der Waals surface area contributed by atoms with Gasteiger partial charge in [-0.1, -0.05) is 60.7 Å². The summed E-state index contributed by atoms with van der Waals surface area (Å²) in [5.41, 5.74) is 4.26. The minimum atomic E-state index is -4.30. The average Bonchev–Trinajstić information content (AvgIpc) is 3.50. The second-order valence-electron chi connectivity index (χ2n) is 10.4. The molecule has 0 bridgehead atoms. The van der Waals surface area contributed by atoms with Crippen LogP contribution >= 0.6 is 11.3 Å². The number of hydroxylamine groups is 1. The molecule has 3 aromatic carbocycles. The van der Waals surface area contributed by atoms with Gasteiger partial charge >= 0.3 is 0 Å². The van der Waals surface area contributed by atoms with Gasteiger partial charge in [-0.25, -0.2) is 13.9 Å². The Morgan fingerprint density at radius 2 is 1.61 bits per heavy atom. The van der Waals surface area contributed by atoms with Gasteiger partial charge in [0, 0.05) is 23.9 Å². The zero-order valence-electron chi connectivity index (χ0n) is 23.9. The fraction of sp³-hybridized carbons (Fsp3) is 0.250. The fourth-order valence-corrected chi connectivity index (χ4v) is 8.12. The minimum absolute atomic E-state index is 0.123. The predicted molar refractivity (Wildman–Crippen MR) is 165 cm³/mol. The maximum absolute atomic E-state index is 13.6. The number of amides is 2. The van der Waals surface area contributed by atoms with Gasteiger partial charge < -0.3 is 15.2 Å². The maximum atomic E-state index is 13.6. The number of nitrogens with one attached hydrogen (secondary N) is 2. The summed E-state index contributed by atoms with van der Waals surface area (Å²) in [7, 11) is -2.85. The van der Waals surface area contributed by atoms with Crippen LogP contribution in [0, 0.1) is 0 Å². The summed E-state index contributed by atoms with van der Waals surface area (Å²) >= 11 is 0.993. The van der Waals surface area contributed by atoms with Crippen molar-refractivity contribution in [3.63, 3.8) is 0 Å². The summed E-state index contributed by atoms with van der Waals surface area (Å²) in [6, 6.07) is 25.9. The third-order valence-corrected chi connectivity index (χ3v) is 10.8. The maximum Gasteiger partial charge on any atom is 0.264 e.